The molecule has 120 valence electrons. The normalized spacial score (nSPS) is 13.4. The highest BCUT2D eigenvalue weighted by molar-refractivity contribution is 6.42. The minimum absolute atomic E-state index is 0.0713. The van der Waals surface area contributed by atoms with Crippen LogP contribution >= 0.6 is 23.2 Å². The predicted molar refractivity (Wildman–Crippen MR) is 94.1 cm³/mol. The van der Waals surface area contributed by atoms with E-state index in [1.807, 2.05) is 12.1 Å². The molecule has 0 saturated heterocycles. The van der Waals surface area contributed by atoms with Gasteiger partial charge >= 0.3 is 0 Å². The molecule has 2 N–H and O–H groups in total. The first kappa shape index (κ1) is 18.8. The SMILES string of the molecule is CC(C)CN(CCC(N)c1cccc(Cl)c1Cl)CC(C)C. The Morgan fingerprint density at radius 2 is 1.62 bits per heavy atom. The van der Waals surface area contributed by atoms with Crippen LogP contribution in [-0.4, -0.2) is 24.5 Å². The maximum absolute atomic E-state index is 6.30. The van der Waals surface area contributed by atoms with E-state index in [9.17, 15) is 0 Å². The van der Waals surface area contributed by atoms with E-state index in [4.69, 9.17) is 28.9 Å². The van der Waals surface area contributed by atoms with Crippen LogP contribution in [0.3, 0.4) is 0 Å². The number of nitrogens with two attached hydrogens (primary N) is 1. The second kappa shape index (κ2) is 8.99. The van der Waals surface area contributed by atoms with Crippen molar-refractivity contribution in [2.45, 2.75) is 40.2 Å². The van der Waals surface area contributed by atoms with Crippen molar-refractivity contribution in [2.75, 3.05) is 19.6 Å². The van der Waals surface area contributed by atoms with Gasteiger partial charge in [0.15, 0.2) is 0 Å². The average Bonchev–Trinajstić information content (AvgIpc) is 2.37. The van der Waals surface area contributed by atoms with E-state index in [0.29, 0.717) is 21.9 Å². The van der Waals surface area contributed by atoms with Gasteiger partial charge in [-0.05, 0) is 36.4 Å². The van der Waals surface area contributed by atoms with Crippen molar-refractivity contribution in [3.8, 4) is 0 Å². The van der Waals surface area contributed by atoms with Crippen molar-refractivity contribution in [1.82, 2.24) is 4.90 Å². The largest absolute Gasteiger partial charge is 0.324 e. The standard InChI is InChI=1S/C17H28Cl2N2/c1-12(2)10-21(11-13(3)4)9-8-16(20)14-6-5-7-15(18)17(14)19/h5-7,12-13,16H,8-11,20H2,1-4H3. The van der Waals surface area contributed by atoms with Crippen LogP contribution in [0.1, 0.15) is 45.7 Å². The van der Waals surface area contributed by atoms with Crippen molar-refractivity contribution in [3.05, 3.63) is 33.8 Å². The summed E-state index contributed by atoms with van der Waals surface area (Å²) < 4.78 is 0. The molecule has 1 aromatic rings. The lowest BCUT2D eigenvalue weighted by Crippen LogP contribution is -2.33. The summed E-state index contributed by atoms with van der Waals surface area (Å²) in [6.07, 6.45) is 0.888. The molecule has 1 rings (SSSR count). The van der Waals surface area contributed by atoms with Crippen molar-refractivity contribution >= 4 is 23.2 Å². The summed E-state index contributed by atoms with van der Waals surface area (Å²) in [6, 6.07) is 5.60. The first-order chi connectivity index (χ1) is 9.81. The molecule has 0 amide bonds. The molecular weight excluding hydrogens is 303 g/mol. The molecule has 0 aliphatic heterocycles. The highest BCUT2D eigenvalue weighted by Crippen LogP contribution is 2.30. The van der Waals surface area contributed by atoms with Crippen LogP contribution in [0.25, 0.3) is 0 Å². The fourth-order valence-corrected chi connectivity index (χ4v) is 3.02. The molecule has 1 unspecified atom stereocenters. The van der Waals surface area contributed by atoms with E-state index in [1.54, 1.807) is 6.07 Å². The van der Waals surface area contributed by atoms with Gasteiger partial charge in [-0.1, -0.05) is 63.0 Å². The molecule has 0 aromatic heterocycles. The van der Waals surface area contributed by atoms with E-state index in [-0.39, 0.29) is 6.04 Å². The summed E-state index contributed by atoms with van der Waals surface area (Å²) in [5.74, 6) is 1.32. The van der Waals surface area contributed by atoms with Crippen molar-refractivity contribution in [1.29, 1.82) is 0 Å². The summed E-state index contributed by atoms with van der Waals surface area (Å²) >= 11 is 12.3. The minimum Gasteiger partial charge on any atom is -0.324 e. The molecule has 2 nitrogen and oxygen atoms in total. The van der Waals surface area contributed by atoms with Crippen LogP contribution in [0.4, 0.5) is 0 Å². The van der Waals surface area contributed by atoms with Crippen LogP contribution < -0.4 is 5.73 Å². The molecule has 0 aliphatic carbocycles. The van der Waals surface area contributed by atoms with E-state index in [0.717, 1.165) is 31.6 Å². The second-order valence-electron chi connectivity index (χ2n) is 6.59. The monoisotopic (exact) mass is 330 g/mol. The zero-order valence-corrected chi connectivity index (χ0v) is 15.1. The van der Waals surface area contributed by atoms with E-state index < -0.39 is 0 Å². The molecule has 0 saturated carbocycles. The maximum atomic E-state index is 6.30. The lowest BCUT2D eigenvalue weighted by atomic mass is 10.0. The van der Waals surface area contributed by atoms with Gasteiger partial charge in [0.05, 0.1) is 10.0 Å². The summed E-state index contributed by atoms with van der Waals surface area (Å²) in [7, 11) is 0. The number of rotatable bonds is 8. The van der Waals surface area contributed by atoms with Gasteiger partial charge in [0.2, 0.25) is 0 Å². The fraction of sp³-hybridized carbons (Fsp3) is 0.647. The van der Waals surface area contributed by atoms with E-state index >= 15 is 0 Å². The molecule has 0 radical (unpaired) electrons. The van der Waals surface area contributed by atoms with Gasteiger partial charge in [-0.15, -0.1) is 0 Å². The third kappa shape index (κ3) is 6.56. The third-order valence-corrected chi connectivity index (χ3v) is 4.22. The van der Waals surface area contributed by atoms with Crippen LogP contribution in [-0.2, 0) is 0 Å². The highest BCUT2D eigenvalue weighted by atomic mass is 35.5. The average molecular weight is 331 g/mol. The molecule has 0 heterocycles. The lowest BCUT2D eigenvalue weighted by Gasteiger charge is -2.27. The minimum atomic E-state index is -0.0713. The Morgan fingerprint density at radius 3 is 2.14 bits per heavy atom. The van der Waals surface area contributed by atoms with E-state index in [2.05, 4.69) is 32.6 Å². The Kier molecular flexibility index (Phi) is 8.04. The van der Waals surface area contributed by atoms with Gasteiger partial charge in [0.1, 0.15) is 0 Å². The molecule has 4 heteroatoms. The fourth-order valence-electron chi connectivity index (χ4n) is 2.57. The Hall–Kier alpha value is -0.280. The smallest absolute Gasteiger partial charge is 0.0640 e. The molecule has 21 heavy (non-hydrogen) atoms. The van der Waals surface area contributed by atoms with Gasteiger partial charge in [0.25, 0.3) is 0 Å². The summed E-state index contributed by atoms with van der Waals surface area (Å²) in [6.45, 7) is 12.2. The first-order valence-electron chi connectivity index (χ1n) is 7.73. The molecule has 0 fully saturated rings. The number of halogens is 2. The van der Waals surface area contributed by atoms with Gasteiger partial charge < -0.3 is 10.6 Å². The number of hydrogen-bond donors (Lipinski definition) is 1. The van der Waals surface area contributed by atoms with Crippen molar-refractivity contribution in [3.63, 3.8) is 0 Å². The molecular formula is C17H28Cl2N2. The topological polar surface area (TPSA) is 29.3 Å². The van der Waals surface area contributed by atoms with Crippen molar-refractivity contribution < 1.29 is 0 Å². The first-order valence-corrected chi connectivity index (χ1v) is 8.48. The molecule has 1 aromatic carbocycles. The lowest BCUT2D eigenvalue weighted by molar-refractivity contribution is 0.212. The summed E-state index contributed by atoms with van der Waals surface area (Å²) in [5.41, 5.74) is 7.25. The summed E-state index contributed by atoms with van der Waals surface area (Å²) in [5, 5.41) is 1.16. The van der Waals surface area contributed by atoms with E-state index in [1.165, 1.54) is 0 Å². The highest BCUT2D eigenvalue weighted by Gasteiger charge is 2.15. The molecule has 0 aliphatic rings. The van der Waals surface area contributed by atoms with Crippen molar-refractivity contribution in [2.24, 2.45) is 17.6 Å². The number of benzene rings is 1. The molecule has 1 atom stereocenters. The van der Waals surface area contributed by atoms with Crippen LogP contribution in [0.15, 0.2) is 18.2 Å². The Morgan fingerprint density at radius 1 is 1.05 bits per heavy atom. The van der Waals surface area contributed by atoms with Gasteiger partial charge in [-0.3, -0.25) is 0 Å². The number of hydrogen-bond acceptors (Lipinski definition) is 2. The quantitative estimate of drug-likeness (QED) is 0.726. The van der Waals surface area contributed by atoms with Gasteiger partial charge in [0, 0.05) is 19.1 Å². The van der Waals surface area contributed by atoms with Crippen LogP contribution in [0.2, 0.25) is 10.0 Å². The Labute approximate surface area is 139 Å². The summed E-state index contributed by atoms with van der Waals surface area (Å²) in [4.78, 5) is 2.49. The third-order valence-electron chi connectivity index (χ3n) is 3.38. The molecule has 0 spiro atoms. The number of nitrogens with zero attached hydrogens (tertiary/aromatic N) is 1. The van der Waals surface area contributed by atoms with Gasteiger partial charge in [-0.2, -0.15) is 0 Å². The van der Waals surface area contributed by atoms with Crippen LogP contribution in [0, 0.1) is 11.8 Å². The van der Waals surface area contributed by atoms with Crippen LogP contribution in [0.5, 0.6) is 0 Å². The second-order valence-corrected chi connectivity index (χ2v) is 7.37. The predicted octanol–water partition coefficient (Wildman–Crippen LogP) is 5.00. The van der Waals surface area contributed by atoms with Gasteiger partial charge in [-0.25, -0.2) is 0 Å². The Balaban J connectivity index is 2.63. The Bertz CT molecular complexity index is 423. The zero-order valence-electron chi connectivity index (χ0n) is 13.6. The zero-order chi connectivity index (χ0) is 16.0. The molecule has 0 bridgehead atoms. The maximum Gasteiger partial charge on any atom is 0.0640 e.